The molecule has 420 valence electrons. The van der Waals surface area contributed by atoms with Gasteiger partial charge in [-0.3, -0.25) is 19.2 Å². The largest absolute Gasteiger partial charge is 0.458 e. The molecule has 0 fully saturated rings. The highest BCUT2D eigenvalue weighted by atomic mass is 16.6. The average molecular weight is 998 g/mol. The van der Waals surface area contributed by atoms with Gasteiger partial charge in [0, 0.05) is 5.41 Å². The van der Waals surface area contributed by atoms with Crippen molar-refractivity contribution in [2.75, 3.05) is 0 Å². The number of hydrogen-bond acceptors (Lipinski definition) is 8. The topological polar surface area (TPSA) is 105 Å². The van der Waals surface area contributed by atoms with Gasteiger partial charge in [-0.1, -0.05) is 165 Å². The number of ether oxygens (including phenoxy) is 4. The van der Waals surface area contributed by atoms with E-state index in [0.717, 1.165) is 96.3 Å². The van der Waals surface area contributed by atoms with E-state index >= 15 is 0 Å². The molecule has 0 amide bonds. The molecule has 0 aliphatic carbocycles. The predicted octanol–water partition coefficient (Wildman–Crippen LogP) is 18.9. The van der Waals surface area contributed by atoms with Crippen LogP contribution in [0.4, 0.5) is 0 Å². The van der Waals surface area contributed by atoms with E-state index < -0.39 is 11.0 Å². The first-order valence-electron chi connectivity index (χ1n) is 28.7. The molecule has 0 saturated heterocycles. The van der Waals surface area contributed by atoms with Crippen molar-refractivity contribution in [3.05, 3.63) is 0 Å². The van der Waals surface area contributed by atoms with Crippen LogP contribution in [-0.2, 0) is 38.1 Å². The molecule has 0 aromatic heterocycles. The molecule has 0 aromatic rings. The lowest BCUT2D eigenvalue weighted by molar-refractivity contribution is -0.194. The predicted molar refractivity (Wildman–Crippen MR) is 301 cm³/mol. The van der Waals surface area contributed by atoms with Crippen LogP contribution in [0.1, 0.15) is 304 Å². The van der Waals surface area contributed by atoms with Gasteiger partial charge in [-0.25, -0.2) is 0 Å². The highest BCUT2D eigenvalue weighted by molar-refractivity contribution is 5.77. The minimum absolute atomic E-state index is 0.0448. The highest BCUT2D eigenvalue weighted by Crippen LogP contribution is 2.44. The third kappa shape index (κ3) is 21.8. The van der Waals surface area contributed by atoms with Gasteiger partial charge in [0.2, 0.25) is 0 Å². The normalized spacial score (nSPS) is 15.6. The minimum Gasteiger partial charge on any atom is -0.458 e. The molecule has 70 heavy (non-hydrogen) atoms. The molecule has 4 atom stereocenters. The van der Waals surface area contributed by atoms with Gasteiger partial charge in [0.05, 0.1) is 21.7 Å². The molecule has 0 radical (unpaired) electrons. The van der Waals surface area contributed by atoms with Gasteiger partial charge < -0.3 is 18.9 Å². The quantitative estimate of drug-likeness (QED) is 0.0592. The van der Waals surface area contributed by atoms with Crippen LogP contribution in [0.3, 0.4) is 0 Å². The Hall–Kier alpha value is -2.12. The molecule has 0 bridgehead atoms. The fraction of sp³-hybridized carbons (Fsp3) is 0.935. The van der Waals surface area contributed by atoms with Crippen LogP contribution in [0.5, 0.6) is 0 Å². The lowest BCUT2D eigenvalue weighted by atomic mass is 9.68. The van der Waals surface area contributed by atoms with Crippen molar-refractivity contribution < 1.29 is 38.1 Å². The summed E-state index contributed by atoms with van der Waals surface area (Å²) in [7, 11) is 0. The number of rotatable bonds is 27. The number of carbonyl (C=O) groups is 4. The number of carbonyl (C=O) groups excluding carboxylic acids is 4. The van der Waals surface area contributed by atoms with E-state index in [0.29, 0.717) is 23.7 Å². The molecule has 0 N–H and O–H groups in total. The average Bonchev–Trinajstić information content (AvgIpc) is 3.30. The summed E-state index contributed by atoms with van der Waals surface area (Å²) >= 11 is 0. The van der Waals surface area contributed by atoms with Crippen LogP contribution in [0.15, 0.2) is 0 Å². The van der Waals surface area contributed by atoms with E-state index in [1.165, 1.54) is 0 Å². The van der Waals surface area contributed by atoms with Crippen LogP contribution < -0.4 is 0 Å². The van der Waals surface area contributed by atoms with E-state index in [9.17, 15) is 19.2 Å². The summed E-state index contributed by atoms with van der Waals surface area (Å²) in [6.07, 6.45) is 13.9. The second-order valence-corrected chi connectivity index (χ2v) is 25.2. The monoisotopic (exact) mass is 997 g/mol. The Bertz CT molecular complexity index is 1420. The molecule has 0 aliphatic heterocycles. The molecule has 0 aromatic carbocycles. The van der Waals surface area contributed by atoms with Crippen molar-refractivity contribution in [2.45, 2.75) is 326 Å². The molecule has 0 aliphatic rings. The molecular weight excluding hydrogens is 873 g/mol. The van der Waals surface area contributed by atoms with Crippen LogP contribution in [0, 0.1) is 50.7 Å². The second-order valence-electron chi connectivity index (χ2n) is 25.2. The van der Waals surface area contributed by atoms with Crippen LogP contribution in [-0.4, -0.2) is 46.3 Å². The Kier molecular flexibility index (Phi) is 34.3. The fourth-order valence-electron chi connectivity index (χ4n) is 8.69. The summed E-state index contributed by atoms with van der Waals surface area (Å²) in [4.78, 5) is 49.2. The first-order chi connectivity index (χ1) is 31.7. The zero-order valence-electron chi connectivity index (χ0n) is 52.7. The van der Waals surface area contributed by atoms with E-state index in [1.807, 2.05) is 83.1 Å². The lowest BCUT2D eigenvalue weighted by Crippen LogP contribution is -2.52. The van der Waals surface area contributed by atoms with Crippen molar-refractivity contribution in [3.63, 3.8) is 0 Å². The van der Waals surface area contributed by atoms with Gasteiger partial charge in [0.15, 0.2) is 0 Å². The maximum atomic E-state index is 12.4. The minimum atomic E-state index is -0.402. The number of esters is 4. The third-order valence-electron chi connectivity index (χ3n) is 17.3. The summed E-state index contributed by atoms with van der Waals surface area (Å²) in [6.45, 7) is 62.4. The Balaban J connectivity index is -0.000000415. The zero-order valence-corrected chi connectivity index (χ0v) is 52.7. The van der Waals surface area contributed by atoms with E-state index in [-0.39, 0.29) is 62.3 Å². The van der Waals surface area contributed by atoms with Crippen LogP contribution >= 0.6 is 0 Å². The van der Waals surface area contributed by atoms with Crippen molar-refractivity contribution in [2.24, 2.45) is 50.7 Å². The SMILES string of the molecule is CCC(C)(C)C(=O)OC(CC)(C(C)C)C(C)(C)C.CCC(C)C(CC)(CC)OC(=O)C(C)(C)CC.CCCC(CC)(OC(=O)C(C)(C)CC)C(C)C.CCCCC(CC)(OC(=O)C(C)(C)CC)C(C)C. The standard InChI is InChI=1S/2C16H32O2.2C15H30O2/c1-10-15(8,9)13(17)18-16(11-2,12(3)4)14(5,6)7;1-8-11-12-16(10-3,13(4)5)18-14(17)15(6,7)9-2;1-8-11-15(10-3,12(4)5)17-13(16)14(6,7)9-2;1-8-12(5)15(10-3,11-4)17-13(16)14(6,7)9-2/h12H,10-11H2,1-9H3;13H,8-12H2,1-7H3;2*12H,8-11H2,1-7H3. The van der Waals surface area contributed by atoms with Crippen LogP contribution in [0.25, 0.3) is 0 Å². The number of hydrogen-bond donors (Lipinski definition) is 0. The van der Waals surface area contributed by atoms with Gasteiger partial charge in [-0.2, -0.15) is 0 Å². The zero-order chi connectivity index (χ0) is 56.6. The summed E-state index contributed by atoms with van der Waals surface area (Å²) in [6, 6.07) is 0. The van der Waals surface area contributed by atoms with Crippen LogP contribution in [0.2, 0.25) is 0 Å². The first-order valence-corrected chi connectivity index (χ1v) is 28.7. The molecular formula is C62H124O8. The lowest BCUT2D eigenvalue weighted by Gasteiger charge is -2.48. The van der Waals surface area contributed by atoms with Gasteiger partial charge in [0.25, 0.3) is 0 Å². The molecule has 0 rings (SSSR count). The summed E-state index contributed by atoms with van der Waals surface area (Å²) < 4.78 is 23.8. The summed E-state index contributed by atoms with van der Waals surface area (Å²) in [5.74, 6) is 1.23. The van der Waals surface area contributed by atoms with Gasteiger partial charge in [0.1, 0.15) is 22.4 Å². The third-order valence-corrected chi connectivity index (χ3v) is 17.3. The van der Waals surface area contributed by atoms with Gasteiger partial charge >= 0.3 is 23.9 Å². The maximum absolute atomic E-state index is 12.4. The molecule has 8 heteroatoms. The summed E-state index contributed by atoms with van der Waals surface area (Å²) in [5.41, 5.74) is -2.81. The Morgan fingerprint density at radius 1 is 0.343 bits per heavy atom. The summed E-state index contributed by atoms with van der Waals surface area (Å²) in [5, 5.41) is 0. The molecule has 0 heterocycles. The van der Waals surface area contributed by atoms with Crippen molar-refractivity contribution in [1.82, 2.24) is 0 Å². The first kappa shape index (κ1) is 74.4. The smallest absolute Gasteiger partial charge is 0.312 e. The van der Waals surface area contributed by atoms with Gasteiger partial charge in [-0.15, -0.1) is 0 Å². The van der Waals surface area contributed by atoms with Gasteiger partial charge in [-0.05, 0) is 163 Å². The van der Waals surface area contributed by atoms with Crippen molar-refractivity contribution >= 4 is 23.9 Å². The van der Waals surface area contributed by atoms with Crippen molar-refractivity contribution in [3.8, 4) is 0 Å². The highest BCUT2D eigenvalue weighted by Gasteiger charge is 2.49. The van der Waals surface area contributed by atoms with E-state index in [1.54, 1.807) is 0 Å². The Morgan fingerprint density at radius 2 is 0.629 bits per heavy atom. The molecule has 8 nitrogen and oxygen atoms in total. The molecule has 0 spiro atoms. The Labute approximate surface area is 437 Å². The second kappa shape index (κ2) is 32.2. The maximum Gasteiger partial charge on any atom is 0.312 e. The fourth-order valence-corrected chi connectivity index (χ4v) is 8.69. The van der Waals surface area contributed by atoms with E-state index in [2.05, 4.69) is 125 Å². The number of unbranched alkanes of at least 4 members (excludes halogenated alkanes) is 1. The van der Waals surface area contributed by atoms with E-state index in [4.69, 9.17) is 18.9 Å². The molecule has 4 unspecified atom stereocenters. The van der Waals surface area contributed by atoms with Crippen molar-refractivity contribution in [1.29, 1.82) is 0 Å². The molecule has 0 saturated carbocycles. The Morgan fingerprint density at radius 3 is 0.829 bits per heavy atom.